The van der Waals surface area contributed by atoms with E-state index >= 15 is 0 Å². The first-order chi connectivity index (χ1) is 9.76. The van der Waals surface area contributed by atoms with E-state index < -0.39 is 0 Å². The van der Waals surface area contributed by atoms with Crippen molar-refractivity contribution >= 4 is 11.6 Å². The third-order valence-electron chi connectivity index (χ3n) is 3.40. The van der Waals surface area contributed by atoms with E-state index in [1.54, 1.807) is 14.2 Å². The summed E-state index contributed by atoms with van der Waals surface area (Å²) >= 11 is 0. The predicted molar refractivity (Wildman–Crippen MR) is 81.9 cm³/mol. The zero-order valence-electron chi connectivity index (χ0n) is 12.4. The Balaban J connectivity index is 2.05. The molecule has 2 rings (SSSR count). The van der Waals surface area contributed by atoms with E-state index in [2.05, 4.69) is 15.6 Å². The van der Waals surface area contributed by atoms with Crippen LogP contribution in [0.15, 0.2) is 23.2 Å². The van der Waals surface area contributed by atoms with Gasteiger partial charge in [0.1, 0.15) is 0 Å². The lowest BCUT2D eigenvalue weighted by atomic mass is 9.93. The summed E-state index contributed by atoms with van der Waals surface area (Å²) in [6, 6.07) is 6.32. The Hall–Kier alpha value is -1.91. The summed E-state index contributed by atoms with van der Waals surface area (Å²) in [6.45, 7) is 2.56. The third kappa shape index (κ3) is 3.56. The number of methoxy groups -OCH3 is 1. The van der Waals surface area contributed by atoms with Crippen molar-refractivity contribution < 1.29 is 9.47 Å². The van der Waals surface area contributed by atoms with Gasteiger partial charge < -0.3 is 20.1 Å². The van der Waals surface area contributed by atoms with Gasteiger partial charge in [0.05, 0.1) is 13.7 Å². The summed E-state index contributed by atoms with van der Waals surface area (Å²) in [4.78, 5) is 4.25. The summed E-state index contributed by atoms with van der Waals surface area (Å²) in [5, 5.41) is 6.68. The number of nitrogens with one attached hydrogen (secondary N) is 2. The Labute approximate surface area is 120 Å². The van der Waals surface area contributed by atoms with Crippen LogP contribution in [0.3, 0.4) is 0 Å². The predicted octanol–water partition coefficient (Wildman–Crippen LogP) is 2.63. The van der Waals surface area contributed by atoms with E-state index in [0.29, 0.717) is 12.6 Å². The topological polar surface area (TPSA) is 54.9 Å². The van der Waals surface area contributed by atoms with E-state index in [-0.39, 0.29) is 0 Å². The average Bonchev–Trinajstić information content (AvgIpc) is 2.42. The van der Waals surface area contributed by atoms with Gasteiger partial charge in [-0.05, 0) is 38.3 Å². The number of anilines is 1. The first-order valence-electron chi connectivity index (χ1n) is 7.08. The van der Waals surface area contributed by atoms with Gasteiger partial charge in [0.25, 0.3) is 0 Å². The summed E-state index contributed by atoms with van der Waals surface area (Å²) in [5.41, 5.74) is 0.932. The maximum atomic E-state index is 5.57. The van der Waals surface area contributed by atoms with Gasteiger partial charge in [0.15, 0.2) is 17.5 Å². The number of benzene rings is 1. The fraction of sp³-hybridized carbons (Fsp3) is 0.533. The minimum atomic E-state index is 0.547. The molecule has 0 radical (unpaired) electrons. The van der Waals surface area contributed by atoms with Gasteiger partial charge in [-0.2, -0.15) is 0 Å². The second kappa shape index (κ2) is 7.03. The van der Waals surface area contributed by atoms with Crippen LogP contribution in [0, 0.1) is 0 Å². The van der Waals surface area contributed by atoms with Gasteiger partial charge in [-0.15, -0.1) is 0 Å². The molecule has 1 aromatic carbocycles. The molecule has 1 aliphatic rings. The highest BCUT2D eigenvalue weighted by Crippen LogP contribution is 2.30. The summed E-state index contributed by atoms with van der Waals surface area (Å²) in [7, 11) is 3.42. The Bertz CT molecular complexity index is 470. The van der Waals surface area contributed by atoms with Crippen molar-refractivity contribution in [3.05, 3.63) is 18.2 Å². The summed E-state index contributed by atoms with van der Waals surface area (Å²) < 4.78 is 10.8. The number of rotatable bonds is 5. The van der Waals surface area contributed by atoms with Crippen LogP contribution in [0.5, 0.6) is 11.5 Å². The lowest BCUT2D eigenvalue weighted by Gasteiger charge is -2.28. The van der Waals surface area contributed by atoms with Gasteiger partial charge in [0, 0.05) is 24.8 Å². The van der Waals surface area contributed by atoms with E-state index in [9.17, 15) is 0 Å². The Morgan fingerprint density at radius 2 is 2.15 bits per heavy atom. The molecule has 0 saturated heterocycles. The van der Waals surface area contributed by atoms with E-state index in [1.807, 2.05) is 25.1 Å². The molecular weight excluding hydrogens is 254 g/mol. The number of ether oxygens (including phenoxy) is 2. The summed E-state index contributed by atoms with van der Waals surface area (Å²) in [6.07, 6.45) is 3.73. The van der Waals surface area contributed by atoms with Crippen molar-refractivity contribution in [2.75, 3.05) is 26.1 Å². The minimum absolute atomic E-state index is 0.547. The van der Waals surface area contributed by atoms with E-state index in [1.165, 1.54) is 19.3 Å². The molecule has 0 spiro atoms. The van der Waals surface area contributed by atoms with Crippen LogP contribution in [0.4, 0.5) is 5.69 Å². The number of nitrogens with zero attached hydrogens (tertiary/aromatic N) is 1. The van der Waals surface area contributed by atoms with Crippen molar-refractivity contribution in [2.45, 2.75) is 32.2 Å². The quantitative estimate of drug-likeness (QED) is 0.641. The fourth-order valence-electron chi connectivity index (χ4n) is 2.06. The van der Waals surface area contributed by atoms with Crippen LogP contribution in [0.1, 0.15) is 26.2 Å². The Morgan fingerprint density at radius 3 is 2.70 bits per heavy atom. The van der Waals surface area contributed by atoms with Crippen molar-refractivity contribution in [3.8, 4) is 11.5 Å². The van der Waals surface area contributed by atoms with Crippen molar-refractivity contribution in [1.29, 1.82) is 0 Å². The minimum Gasteiger partial charge on any atom is -0.493 e. The maximum absolute atomic E-state index is 5.57. The maximum Gasteiger partial charge on any atom is 0.195 e. The Morgan fingerprint density at radius 1 is 1.35 bits per heavy atom. The van der Waals surface area contributed by atoms with Gasteiger partial charge in [-0.25, -0.2) is 0 Å². The molecule has 0 aromatic heterocycles. The smallest absolute Gasteiger partial charge is 0.195 e. The molecule has 1 aliphatic carbocycles. The SMILES string of the molecule is CCOc1cc(NC(=NC)NC2CCC2)ccc1OC. The second-order valence-corrected chi connectivity index (χ2v) is 4.77. The Kier molecular flexibility index (Phi) is 5.09. The largest absolute Gasteiger partial charge is 0.493 e. The highest BCUT2D eigenvalue weighted by molar-refractivity contribution is 5.94. The number of aliphatic imine (C=N–C) groups is 1. The fourth-order valence-corrected chi connectivity index (χ4v) is 2.06. The molecule has 0 unspecified atom stereocenters. The molecule has 5 nitrogen and oxygen atoms in total. The van der Waals surface area contributed by atoms with Crippen LogP contribution in [0.2, 0.25) is 0 Å². The van der Waals surface area contributed by atoms with Crippen LogP contribution < -0.4 is 20.1 Å². The lowest BCUT2D eigenvalue weighted by Crippen LogP contribution is -2.42. The standard InChI is InChI=1S/C15H23N3O2/c1-4-20-14-10-12(8-9-13(14)19-3)18-15(16-2)17-11-6-5-7-11/h8-11H,4-7H2,1-3H3,(H2,16,17,18). The highest BCUT2D eigenvalue weighted by Gasteiger charge is 2.18. The molecule has 2 N–H and O–H groups in total. The van der Waals surface area contributed by atoms with E-state index in [4.69, 9.17) is 9.47 Å². The van der Waals surface area contributed by atoms with Crippen molar-refractivity contribution in [3.63, 3.8) is 0 Å². The molecule has 1 aromatic rings. The first-order valence-corrected chi connectivity index (χ1v) is 7.08. The molecule has 1 fully saturated rings. The average molecular weight is 277 g/mol. The molecule has 0 atom stereocenters. The first kappa shape index (κ1) is 14.5. The van der Waals surface area contributed by atoms with E-state index in [0.717, 1.165) is 23.1 Å². The monoisotopic (exact) mass is 277 g/mol. The third-order valence-corrected chi connectivity index (χ3v) is 3.40. The van der Waals surface area contributed by atoms with Gasteiger partial charge in [-0.1, -0.05) is 0 Å². The normalized spacial score (nSPS) is 15.4. The lowest BCUT2D eigenvalue weighted by molar-refractivity contribution is 0.311. The molecule has 20 heavy (non-hydrogen) atoms. The zero-order chi connectivity index (χ0) is 14.4. The highest BCUT2D eigenvalue weighted by atomic mass is 16.5. The molecule has 0 heterocycles. The molecule has 5 heteroatoms. The number of hydrogen-bond donors (Lipinski definition) is 2. The van der Waals surface area contributed by atoms with Crippen LogP contribution in [-0.2, 0) is 0 Å². The van der Waals surface area contributed by atoms with Gasteiger partial charge in [0.2, 0.25) is 0 Å². The molecule has 1 saturated carbocycles. The van der Waals surface area contributed by atoms with Crippen LogP contribution in [0.25, 0.3) is 0 Å². The number of guanidine groups is 1. The molecule has 0 bridgehead atoms. The summed E-state index contributed by atoms with van der Waals surface area (Å²) in [5.74, 6) is 2.26. The number of hydrogen-bond acceptors (Lipinski definition) is 3. The van der Waals surface area contributed by atoms with Gasteiger partial charge in [-0.3, -0.25) is 4.99 Å². The molecule has 0 aliphatic heterocycles. The second-order valence-electron chi connectivity index (χ2n) is 4.77. The van der Waals surface area contributed by atoms with Crippen LogP contribution in [-0.4, -0.2) is 32.8 Å². The van der Waals surface area contributed by atoms with Crippen molar-refractivity contribution in [2.24, 2.45) is 4.99 Å². The molecular formula is C15H23N3O2. The van der Waals surface area contributed by atoms with Crippen LogP contribution >= 0.6 is 0 Å². The van der Waals surface area contributed by atoms with Crippen molar-refractivity contribution in [1.82, 2.24) is 5.32 Å². The zero-order valence-corrected chi connectivity index (χ0v) is 12.4. The molecule has 110 valence electrons. The van der Waals surface area contributed by atoms with Gasteiger partial charge >= 0.3 is 0 Å². The molecule has 0 amide bonds.